The van der Waals surface area contributed by atoms with Gasteiger partial charge in [-0.2, -0.15) is 5.10 Å². The number of halogens is 1. The third-order valence-corrected chi connectivity index (χ3v) is 1.81. The molecule has 0 bridgehead atoms. The highest BCUT2D eigenvalue weighted by atomic mass is 79.9. The number of rotatable bonds is 0. The number of hydrogen-bond acceptors (Lipinski definition) is 2. The number of hydrazone groups is 1. The van der Waals surface area contributed by atoms with Crippen molar-refractivity contribution in [1.82, 2.24) is 5.01 Å². The second kappa shape index (κ2) is 1.82. The molecule has 3 heteroatoms. The molecule has 0 N–H and O–H groups in total. The first-order valence-electron chi connectivity index (χ1n) is 2.11. The van der Waals surface area contributed by atoms with E-state index >= 15 is 0 Å². The molecule has 39 valence electrons. The Hall–Kier alpha value is -0.0500. The van der Waals surface area contributed by atoms with Gasteiger partial charge in [-0.05, 0) is 0 Å². The van der Waals surface area contributed by atoms with E-state index in [1.54, 1.807) is 0 Å². The van der Waals surface area contributed by atoms with E-state index in [-0.39, 0.29) is 0 Å². The number of nitrogens with zero attached hydrogens (tertiary/aromatic N) is 2. The van der Waals surface area contributed by atoms with Crippen LogP contribution in [-0.2, 0) is 0 Å². The minimum absolute atomic E-state index is 0.382. The van der Waals surface area contributed by atoms with Gasteiger partial charge in [0.1, 0.15) is 4.95 Å². The molecule has 1 unspecified atom stereocenters. The molecule has 2 nitrogen and oxygen atoms in total. The van der Waals surface area contributed by atoms with Crippen LogP contribution < -0.4 is 0 Å². The largest absolute Gasteiger partial charge is 0.286 e. The van der Waals surface area contributed by atoms with E-state index in [0.717, 1.165) is 6.42 Å². The average molecular weight is 162 g/mol. The van der Waals surface area contributed by atoms with Crippen molar-refractivity contribution in [3.8, 4) is 0 Å². The summed E-state index contributed by atoms with van der Waals surface area (Å²) in [4.78, 5) is 0.382. The van der Waals surface area contributed by atoms with Crippen LogP contribution in [0.4, 0.5) is 0 Å². The fourth-order valence-electron chi connectivity index (χ4n) is 0.422. The van der Waals surface area contributed by atoms with Gasteiger partial charge in [-0.25, -0.2) is 0 Å². The predicted octanol–water partition coefficient (Wildman–Crippen LogP) is 0.906. The Bertz CT molecular complexity index is 91.7. The summed E-state index contributed by atoms with van der Waals surface area (Å²) < 4.78 is 0. The van der Waals surface area contributed by atoms with Crippen LogP contribution in [0.25, 0.3) is 0 Å². The zero-order chi connectivity index (χ0) is 5.28. The molecule has 1 atom stereocenters. The Morgan fingerprint density at radius 1 is 2.00 bits per heavy atom. The first kappa shape index (κ1) is 5.09. The van der Waals surface area contributed by atoms with E-state index in [9.17, 15) is 0 Å². The van der Waals surface area contributed by atoms with E-state index in [1.807, 2.05) is 12.1 Å². The SMILES string of the molecule is CN1N=[C]CC1Br. The number of alkyl halides is 1. The van der Waals surface area contributed by atoms with Crippen molar-refractivity contribution in [2.24, 2.45) is 5.10 Å². The van der Waals surface area contributed by atoms with Gasteiger partial charge in [-0.15, -0.1) is 0 Å². The third kappa shape index (κ3) is 0.938. The molecule has 0 spiro atoms. The molecular formula is C4H6BrN2. The molecule has 0 aliphatic carbocycles. The molecule has 1 heterocycles. The summed E-state index contributed by atoms with van der Waals surface area (Å²) in [5.41, 5.74) is 0. The molecule has 1 rings (SSSR count). The molecule has 0 amide bonds. The average Bonchev–Trinajstić information content (AvgIpc) is 1.91. The smallest absolute Gasteiger partial charge is 0.107 e. The van der Waals surface area contributed by atoms with Gasteiger partial charge in [0, 0.05) is 13.5 Å². The monoisotopic (exact) mass is 161 g/mol. The van der Waals surface area contributed by atoms with Crippen molar-refractivity contribution in [3.05, 3.63) is 0 Å². The summed E-state index contributed by atoms with van der Waals surface area (Å²) in [6.45, 7) is 0. The third-order valence-electron chi connectivity index (χ3n) is 0.894. The molecule has 0 aromatic carbocycles. The molecular weight excluding hydrogens is 156 g/mol. The summed E-state index contributed by atoms with van der Waals surface area (Å²) in [5.74, 6) is 0. The molecule has 1 radical (unpaired) electrons. The fraction of sp³-hybridized carbons (Fsp3) is 0.750. The van der Waals surface area contributed by atoms with Crippen molar-refractivity contribution in [2.45, 2.75) is 11.4 Å². The highest BCUT2D eigenvalue weighted by Crippen LogP contribution is 2.12. The molecule has 0 saturated heterocycles. The van der Waals surface area contributed by atoms with Crippen molar-refractivity contribution >= 4 is 22.1 Å². The maximum absolute atomic E-state index is 3.85. The molecule has 1 aliphatic rings. The first-order valence-corrected chi connectivity index (χ1v) is 3.02. The van der Waals surface area contributed by atoms with Gasteiger partial charge >= 0.3 is 0 Å². The van der Waals surface area contributed by atoms with E-state index in [2.05, 4.69) is 27.2 Å². The van der Waals surface area contributed by atoms with Crippen LogP contribution in [0.5, 0.6) is 0 Å². The quantitative estimate of drug-likeness (QED) is 0.381. The molecule has 0 saturated carbocycles. The highest BCUT2D eigenvalue weighted by molar-refractivity contribution is 9.09. The van der Waals surface area contributed by atoms with E-state index in [4.69, 9.17) is 0 Å². The summed E-state index contributed by atoms with van der Waals surface area (Å²) in [6.07, 6.45) is 3.73. The second-order valence-electron chi connectivity index (χ2n) is 1.47. The first-order chi connectivity index (χ1) is 3.30. The summed E-state index contributed by atoms with van der Waals surface area (Å²) in [6, 6.07) is 0. The van der Waals surface area contributed by atoms with Gasteiger partial charge in [0.2, 0.25) is 0 Å². The van der Waals surface area contributed by atoms with E-state index < -0.39 is 0 Å². The van der Waals surface area contributed by atoms with Crippen molar-refractivity contribution in [3.63, 3.8) is 0 Å². The van der Waals surface area contributed by atoms with Crippen LogP contribution in [0.3, 0.4) is 0 Å². The minimum atomic E-state index is 0.382. The maximum Gasteiger partial charge on any atom is 0.107 e. The number of hydrogen-bond donors (Lipinski definition) is 0. The zero-order valence-corrected chi connectivity index (χ0v) is 5.64. The van der Waals surface area contributed by atoms with Crippen LogP contribution >= 0.6 is 15.9 Å². The Kier molecular flexibility index (Phi) is 1.32. The Labute approximate surface area is 51.3 Å². The lowest BCUT2D eigenvalue weighted by Crippen LogP contribution is -2.14. The zero-order valence-electron chi connectivity index (χ0n) is 4.06. The van der Waals surface area contributed by atoms with Crippen LogP contribution in [0.1, 0.15) is 6.42 Å². The molecule has 0 aromatic heterocycles. The lowest BCUT2D eigenvalue weighted by atomic mass is 10.5. The molecule has 7 heavy (non-hydrogen) atoms. The topological polar surface area (TPSA) is 15.6 Å². The van der Waals surface area contributed by atoms with Gasteiger partial charge in [0.15, 0.2) is 0 Å². The van der Waals surface area contributed by atoms with E-state index in [1.165, 1.54) is 0 Å². The Balaban J connectivity index is 2.45. The lowest BCUT2D eigenvalue weighted by molar-refractivity contribution is 0.370. The van der Waals surface area contributed by atoms with Crippen molar-refractivity contribution in [1.29, 1.82) is 0 Å². The van der Waals surface area contributed by atoms with Gasteiger partial charge in [-0.1, -0.05) is 15.9 Å². The van der Waals surface area contributed by atoms with Crippen LogP contribution in [0, 0.1) is 0 Å². The summed E-state index contributed by atoms with van der Waals surface area (Å²) >= 11 is 3.37. The minimum Gasteiger partial charge on any atom is -0.286 e. The second-order valence-corrected chi connectivity index (χ2v) is 2.53. The van der Waals surface area contributed by atoms with E-state index in [0.29, 0.717) is 4.95 Å². The molecule has 1 aliphatic heterocycles. The summed E-state index contributed by atoms with van der Waals surface area (Å²) in [7, 11) is 1.92. The predicted molar refractivity (Wildman–Crippen MR) is 32.5 cm³/mol. The fourth-order valence-corrected chi connectivity index (χ4v) is 0.659. The Morgan fingerprint density at radius 2 is 2.71 bits per heavy atom. The van der Waals surface area contributed by atoms with Crippen molar-refractivity contribution < 1.29 is 0 Å². The van der Waals surface area contributed by atoms with Crippen LogP contribution in [-0.4, -0.2) is 23.2 Å². The van der Waals surface area contributed by atoms with Gasteiger partial charge in [0.05, 0.1) is 6.21 Å². The van der Waals surface area contributed by atoms with Crippen molar-refractivity contribution in [2.75, 3.05) is 7.05 Å². The molecule has 0 fully saturated rings. The normalized spacial score (nSPS) is 29.4. The maximum atomic E-state index is 3.85. The summed E-state index contributed by atoms with van der Waals surface area (Å²) in [5, 5.41) is 5.69. The standard InChI is InChI=1S/C4H6BrN2/c1-7-4(5)2-3-6-7/h4H,2H2,1H3. The van der Waals surface area contributed by atoms with Gasteiger partial charge in [-0.3, -0.25) is 5.01 Å². The molecule has 0 aromatic rings. The highest BCUT2D eigenvalue weighted by Gasteiger charge is 2.11. The van der Waals surface area contributed by atoms with Crippen LogP contribution in [0.2, 0.25) is 0 Å². The Morgan fingerprint density at radius 3 is 2.86 bits per heavy atom. The lowest BCUT2D eigenvalue weighted by Gasteiger charge is -2.09. The van der Waals surface area contributed by atoms with Crippen LogP contribution in [0.15, 0.2) is 5.10 Å². The van der Waals surface area contributed by atoms with Gasteiger partial charge in [0.25, 0.3) is 0 Å². The van der Waals surface area contributed by atoms with Gasteiger partial charge < -0.3 is 0 Å².